The molecule has 1 heterocycles. The van der Waals surface area contributed by atoms with Gasteiger partial charge in [0.2, 0.25) is 0 Å². The van der Waals surface area contributed by atoms with Crippen LogP contribution in [-0.4, -0.2) is 23.7 Å². The Labute approximate surface area is 107 Å². The summed E-state index contributed by atoms with van der Waals surface area (Å²) in [5.74, 6) is -0.0280. The molecule has 1 rings (SSSR count). The Balaban J connectivity index is 2.25. The van der Waals surface area contributed by atoms with Crippen LogP contribution in [0.3, 0.4) is 0 Å². The summed E-state index contributed by atoms with van der Waals surface area (Å²) >= 11 is 3.76. The molecular formula is C10H14INO2S. The zero-order valence-corrected chi connectivity index (χ0v) is 11.5. The van der Waals surface area contributed by atoms with Gasteiger partial charge in [0.1, 0.15) is 0 Å². The summed E-state index contributed by atoms with van der Waals surface area (Å²) in [6, 6.07) is 1.87. The predicted molar refractivity (Wildman–Crippen MR) is 70.3 cm³/mol. The summed E-state index contributed by atoms with van der Waals surface area (Å²) in [7, 11) is 0. The summed E-state index contributed by atoms with van der Waals surface area (Å²) < 4.78 is 1.11. The highest BCUT2D eigenvalue weighted by molar-refractivity contribution is 14.1. The van der Waals surface area contributed by atoms with E-state index in [9.17, 15) is 4.79 Å². The zero-order valence-electron chi connectivity index (χ0n) is 8.50. The molecule has 0 bridgehead atoms. The number of thiophene rings is 1. The van der Waals surface area contributed by atoms with E-state index < -0.39 is 0 Å². The van der Waals surface area contributed by atoms with E-state index in [1.165, 1.54) is 0 Å². The van der Waals surface area contributed by atoms with Crippen LogP contribution in [0.25, 0.3) is 0 Å². The first-order valence-electron chi connectivity index (χ1n) is 4.80. The number of halogens is 1. The Bertz CT molecular complexity index is 325. The number of hydrogen-bond donors (Lipinski definition) is 2. The summed E-state index contributed by atoms with van der Waals surface area (Å²) in [6.07, 6.45) is 1.25. The van der Waals surface area contributed by atoms with Crippen LogP contribution in [0, 0.1) is 2.88 Å². The molecule has 1 aromatic rings. The molecule has 0 spiro atoms. The van der Waals surface area contributed by atoms with Crippen molar-refractivity contribution >= 4 is 39.8 Å². The molecule has 0 aliphatic heterocycles. The summed E-state index contributed by atoms with van der Waals surface area (Å²) in [4.78, 5) is 11.5. The van der Waals surface area contributed by atoms with E-state index in [0.717, 1.165) is 21.3 Å². The van der Waals surface area contributed by atoms with Crippen LogP contribution in [0.1, 0.15) is 30.1 Å². The third-order valence-corrected chi connectivity index (χ3v) is 3.70. The molecule has 1 unspecified atom stereocenters. The van der Waals surface area contributed by atoms with Gasteiger partial charge in [0.25, 0.3) is 5.91 Å². The lowest BCUT2D eigenvalue weighted by Crippen LogP contribution is -2.24. The van der Waals surface area contributed by atoms with Crippen LogP contribution in [0.5, 0.6) is 0 Å². The fourth-order valence-electron chi connectivity index (χ4n) is 1.13. The monoisotopic (exact) mass is 339 g/mol. The minimum Gasteiger partial charge on any atom is -0.393 e. The van der Waals surface area contributed by atoms with Gasteiger partial charge >= 0.3 is 0 Å². The topological polar surface area (TPSA) is 49.3 Å². The standard InChI is InChI=1S/C10H14INO2S/c1-7(13)3-2-4-12-10(14)8-5-9(11)15-6-8/h5-7,13H,2-4H2,1H3,(H,12,14). The molecule has 0 aliphatic carbocycles. The third kappa shape index (κ3) is 4.94. The molecular weight excluding hydrogens is 325 g/mol. The molecule has 84 valence electrons. The van der Waals surface area contributed by atoms with E-state index in [2.05, 4.69) is 27.9 Å². The molecule has 0 fully saturated rings. The molecule has 0 aromatic carbocycles. The van der Waals surface area contributed by atoms with Gasteiger partial charge < -0.3 is 10.4 Å². The molecule has 2 N–H and O–H groups in total. The van der Waals surface area contributed by atoms with Crippen LogP contribution in [0.4, 0.5) is 0 Å². The van der Waals surface area contributed by atoms with Gasteiger partial charge in [-0.1, -0.05) is 0 Å². The molecule has 0 aliphatic rings. The minimum absolute atomic E-state index is 0.0280. The second kappa shape index (κ2) is 6.44. The number of nitrogens with one attached hydrogen (secondary N) is 1. The maximum Gasteiger partial charge on any atom is 0.252 e. The van der Waals surface area contributed by atoms with Gasteiger partial charge in [-0.15, -0.1) is 11.3 Å². The number of amides is 1. The minimum atomic E-state index is -0.288. The van der Waals surface area contributed by atoms with Crippen LogP contribution in [-0.2, 0) is 0 Å². The molecule has 3 nitrogen and oxygen atoms in total. The van der Waals surface area contributed by atoms with E-state index in [1.54, 1.807) is 18.3 Å². The molecule has 0 saturated carbocycles. The summed E-state index contributed by atoms with van der Waals surface area (Å²) in [5.41, 5.74) is 0.724. The molecule has 0 radical (unpaired) electrons. The SMILES string of the molecule is CC(O)CCCNC(=O)c1csc(I)c1. The average molecular weight is 339 g/mol. The summed E-state index contributed by atoms with van der Waals surface area (Å²) in [6.45, 7) is 2.37. The normalized spacial score (nSPS) is 12.5. The number of aliphatic hydroxyl groups excluding tert-OH is 1. The van der Waals surface area contributed by atoms with Crippen LogP contribution >= 0.6 is 33.9 Å². The zero-order chi connectivity index (χ0) is 11.3. The highest BCUT2D eigenvalue weighted by Crippen LogP contribution is 2.16. The van der Waals surface area contributed by atoms with Crippen molar-refractivity contribution in [3.05, 3.63) is 19.9 Å². The lowest BCUT2D eigenvalue weighted by atomic mass is 10.2. The second-order valence-electron chi connectivity index (χ2n) is 3.39. The molecule has 5 heteroatoms. The van der Waals surface area contributed by atoms with Crippen LogP contribution < -0.4 is 5.32 Å². The average Bonchev–Trinajstić information content (AvgIpc) is 2.59. The van der Waals surface area contributed by atoms with Crippen molar-refractivity contribution in [2.24, 2.45) is 0 Å². The Morgan fingerprint density at radius 2 is 2.47 bits per heavy atom. The Kier molecular flexibility index (Phi) is 5.55. The third-order valence-electron chi connectivity index (χ3n) is 1.91. The van der Waals surface area contributed by atoms with Gasteiger partial charge in [0.05, 0.1) is 14.6 Å². The van der Waals surface area contributed by atoms with Gasteiger partial charge in [-0.25, -0.2) is 0 Å². The van der Waals surface area contributed by atoms with Crippen LogP contribution in [0.2, 0.25) is 0 Å². The fraction of sp³-hybridized carbons (Fsp3) is 0.500. The number of rotatable bonds is 5. The molecule has 1 atom stereocenters. The molecule has 1 amide bonds. The van der Waals surface area contributed by atoms with Gasteiger partial charge in [-0.05, 0) is 48.4 Å². The maximum atomic E-state index is 11.5. The Hall–Kier alpha value is -0.140. The lowest BCUT2D eigenvalue weighted by molar-refractivity contribution is 0.0950. The maximum absolute atomic E-state index is 11.5. The number of hydrogen-bond acceptors (Lipinski definition) is 3. The number of aliphatic hydroxyl groups is 1. The van der Waals surface area contributed by atoms with E-state index in [-0.39, 0.29) is 12.0 Å². The predicted octanol–water partition coefficient (Wildman–Crippen LogP) is 2.24. The number of carbonyl (C=O) groups excluding carboxylic acids is 1. The highest BCUT2D eigenvalue weighted by Gasteiger charge is 2.06. The Morgan fingerprint density at radius 1 is 1.73 bits per heavy atom. The van der Waals surface area contributed by atoms with Gasteiger partial charge in [0.15, 0.2) is 0 Å². The highest BCUT2D eigenvalue weighted by atomic mass is 127. The van der Waals surface area contributed by atoms with E-state index in [1.807, 2.05) is 11.4 Å². The largest absolute Gasteiger partial charge is 0.393 e. The quantitative estimate of drug-likeness (QED) is 0.639. The molecule has 15 heavy (non-hydrogen) atoms. The van der Waals surface area contributed by atoms with Gasteiger partial charge in [-0.2, -0.15) is 0 Å². The molecule has 1 aromatic heterocycles. The first kappa shape index (κ1) is 12.9. The van der Waals surface area contributed by atoms with Crippen molar-refractivity contribution < 1.29 is 9.90 Å². The summed E-state index contributed by atoms with van der Waals surface area (Å²) in [5, 5.41) is 13.7. The fourth-order valence-corrected chi connectivity index (χ4v) is 2.46. The number of carbonyl (C=O) groups is 1. The van der Waals surface area contributed by atoms with Crippen molar-refractivity contribution in [2.75, 3.05) is 6.54 Å². The molecule has 0 saturated heterocycles. The van der Waals surface area contributed by atoms with E-state index in [0.29, 0.717) is 6.54 Å². The lowest BCUT2D eigenvalue weighted by Gasteiger charge is -2.05. The van der Waals surface area contributed by atoms with Gasteiger partial charge in [-0.3, -0.25) is 4.79 Å². The smallest absolute Gasteiger partial charge is 0.252 e. The van der Waals surface area contributed by atoms with Gasteiger partial charge in [0, 0.05) is 11.9 Å². The first-order valence-corrected chi connectivity index (χ1v) is 6.75. The van der Waals surface area contributed by atoms with E-state index in [4.69, 9.17) is 5.11 Å². The van der Waals surface area contributed by atoms with Crippen LogP contribution in [0.15, 0.2) is 11.4 Å². The van der Waals surface area contributed by atoms with Crippen molar-refractivity contribution in [3.63, 3.8) is 0 Å². The second-order valence-corrected chi connectivity index (χ2v) is 6.19. The van der Waals surface area contributed by atoms with Crippen molar-refractivity contribution in [2.45, 2.75) is 25.9 Å². The first-order chi connectivity index (χ1) is 7.09. The van der Waals surface area contributed by atoms with Crippen molar-refractivity contribution in [3.8, 4) is 0 Å². The van der Waals surface area contributed by atoms with Crippen molar-refractivity contribution in [1.29, 1.82) is 0 Å². The van der Waals surface area contributed by atoms with E-state index >= 15 is 0 Å². The Morgan fingerprint density at radius 3 is 3.00 bits per heavy atom. The van der Waals surface area contributed by atoms with Crippen molar-refractivity contribution in [1.82, 2.24) is 5.32 Å².